The Morgan fingerprint density at radius 3 is 2.88 bits per heavy atom. The first-order valence-corrected chi connectivity index (χ1v) is 5.28. The fourth-order valence-electron chi connectivity index (χ4n) is 2.17. The van der Waals surface area contributed by atoms with Crippen LogP contribution in [-0.4, -0.2) is 24.9 Å². The highest BCUT2D eigenvalue weighted by atomic mass is 127. The molecule has 2 rings (SSSR count). The third-order valence-corrected chi connectivity index (χ3v) is 2.99. The quantitative estimate of drug-likeness (QED) is 0.811. The molecule has 1 aromatic rings. The zero-order valence-corrected chi connectivity index (χ0v) is 11.9. The second-order valence-corrected chi connectivity index (χ2v) is 4.04. The predicted octanol–water partition coefficient (Wildman–Crippen LogP) is 1.88. The predicted molar refractivity (Wildman–Crippen MR) is 74.5 cm³/mol. The van der Waals surface area contributed by atoms with E-state index >= 15 is 0 Å². The molecule has 2 unspecified atom stereocenters. The lowest BCUT2D eigenvalue weighted by Gasteiger charge is -2.30. The minimum absolute atomic E-state index is 0. The molecular formula is C12H18INO2. The van der Waals surface area contributed by atoms with Gasteiger partial charge in [-0.25, -0.2) is 0 Å². The van der Waals surface area contributed by atoms with Gasteiger partial charge < -0.3 is 15.2 Å². The van der Waals surface area contributed by atoms with Crippen molar-refractivity contribution in [3.05, 3.63) is 29.3 Å². The Balaban J connectivity index is 0.00000128. The third kappa shape index (κ3) is 2.67. The highest BCUT2D eigenvalue weighted by molar-refractivity contribution is 14.0. The van der Waals surface area contributed by atoms with Gasteiger partial charge in [-0.05, 0) is 36.6 Å². The molecule has 16 heavy (non-hydrogen) atoms. The van der Waals surface area contributed by atoms with Gasteiger partial charge in [-0.15, -0.1) is 24.0 Å². The summed E-state index contributed by atoms with van der Waals surface area (Å²) >= 11 is 0. The molecule has 0 saturated heterocycles. The SMILES string of the molecule is COc1ccc2c(c1)C(C)NC(CO)C2.I. The number of aliphatic hydroxyl groups excluding tert-OH is 1. The minimum Gasteiger partial charge on any atom is -0.497 e. The fraction of sp³-hybridized carbons (Fsp3) is 0.500. The summed E-state index contributed by atoms with van der Waals surface area (Å²) in [5.74, 6) is 0.893. The normalized spacial score (nSPS) is 23.2. The number of ether oxygens (including phenoxy) is 1. The van der Waals surface area contributed by atoms with Crippen molar-refractivity contribution in [1.82, 2.24) is 5.32 Å². The molecule has 0 saturated carbocycles. The van der Waals surface area contributed by atoms with E-state index in [0.717, 1.165) is 12.2 Å². The van der Waals surface area contributed by atoms with Crippen LogP contribution < -0.4 is 10.1 Å². The Bertz CT molecular complexity index is 357. The molecule has 0 aliphatic carbocycles. The molecule has 0 amide bonds. The summed E-state index contributed by atoms with van der Waals surface area (Å²) in [6, 6.07) is 6.60. The van der Waals surface area contributed by atoms with E-state index in [2.05, 4.69) is 24.4 Å². The van der Waals surface area contributed by atoms with E-state index in [0.29, 0.717) is 0 Å². The van der Waals surface area contributed by atoms with Gasteiger partial charge in [-0.2, -0.15) is 0 Å². The van der Waals surface area contributed by atoms with Crippen LogP contribution in [-0.2, 0) is 6.42 Å². The molecule has 0 spiro atoms. The maximum absolute atomic E-state index is 9.15. The molecule has 1 aliphatic heterocycles. The molecule has 90 valence electrons. The zero-order valence-electron chi connectivity index (χ0n) is 9.56. The summed E-state index contributed by atoms with van der Waals surface area (Å²) in [4.78, 5) is 0. The summed E-state index contributed by atoms with van der Waals surface area (Å²) in [7, 11) is 1.68. The van der Waals surface area contributed by atoms with E-state index in [1.165, 1.54) is 11.1 Å². The number of hydrogen-bond donors (Lipinski definition) is 2. The zero-order chi connectivity index (χ0) is 10.8. The molecule has 0 aromatic heterocycles. The van der Waals surface area contributed by atoms with Gasteiger partial charge in [0.25, 0.3) is 0 Å². The largest absolute Gasteiger partial charge is 0.497 e. The van der Waals surface area contributed by atoms with E-state index in [-0.39, 0.29) is 42.7 Å². The minimum atomic E-state index is 0. The standard InChI is InChI=1S/C12H17NO2.HI/c1-8-12-6-11(15-2)4-3-9(12)5-10(7-14)13-8;/h3-4,6,8,10,13-14H,5,7H2,1-2H3;1H. The maximum Gasteiger partial charge on any atom is 0.119 e. The van der Waals surface area contributed by atoms with Crippen LogP contribution in [0.1, 0.15) is 24.1 Å². The van der Waals surface area contributed by atoms with Crippen molar-refractivity contribution in [2.75, 3.05) is 13.7 Å². The first-order valence-electron chi connectivity index (χ1n) is 5.28. The summed E-state index contributed by atoms with van der Waals surface area (Å²) in [6.45, 7) is 2.30. The number of rotatable bonds is 2. The summed E-state index contributed by atoms with van der Waals surface area (Å²) < 4.78 is 5.20. The van der Waals surface area contributed by atoms with Gasteiger partial charge in [0.15, 0.2) is 0 Å². The van der Waals surface area contributed by atoms with Crippen LogP contribution >= 0.6 is 24.0 Å². The molecule has 2 N–H and O–H groups in total. The molecule has 4 heteroatoms. The smallest absolute Gasteiger partial charge is 0.119 e. The van der Waals surface area contributed by atoms with Crippen LogP contribution in [0, 0.1) is 0 Å². The van der Waals surface area contributed by atoms with Crippen LogP contribution in [0.5, 0.6) is 5.75 Å². The van der Waals surface area contributed by atoms with Crippen LogP contribution in [0.2, 0.25) is 0 Å². The monoisotopic (exact) mass is 335 g/mol. The molecule has 2 atom stereocenters. The Labute approximate surface area is 113 Å². The summed E-state index contributed by atoms with van der Waals surface area (Å²) in [6.07, 6.45) is 0.889. The highest BCUT2D eigenvalue weighted by Gasteiger charge is 2.22. The van der Waals surface area contributed by atoms with Crippen molar-refractivity contribution >= 4 is 24.0 Å². The van der Waals surface area contributed by atoms with E-state index in [9.17, 15) is 0 Å². The number of aliphatic hydroxyl groups is 1. The van der Waals surface area contributed by atoms with Crippen LogP contribution in [0.15, 0.2) is 18.2 Å². The number of methoxy groups -OCH3 is 1. The Kier molecular flexibility index (Phi) is 5.01. The molecule has 3 nitrogen and oxygen atoms in total. The molecule has 0 bridgehead atoms. The van der Waals surface area contributed by atoms with Gasteiger partial charge in [0.2, 0.25) is 0 Å². The van der Waals surface area contributed by atoms with Crippen LogP contribution in [0.3, 0.4) is 0 Å². The average molecular weight is 335 g/mol. The molecule has 1 heterocycles. The second-order valence-electron chi connectivity index (χ2n) is 4.04. The Morgan fingerprint density at radius 1 is 1.50 bits per heavy atom. The second kappa shape index (κ2) is 5.84. The maximum atomic E-state index is 9.15. The van der Waals surface area contributed by atoms with Crippen LogP contribution in [0.25, 0.3) is 0 Å². The lowest BCUT2D eigenvalue weighted by Crippen LogP contribution is -2.40. The van der Waals surface area contributed by atoms with Crippen molar-refractivity contribution in [1.29, 1.82) is 0 Å². The summed E-state index contributed by atoms with van der Waals surface area (Å²) in [5, 5.41) is 12.5. The van der Waals surface area contributed by atoms with E-state index < -0.39 is 0 Å². The van der Waals surface area contributed by atoms with E-state index in [1.54, 1.807) is 7.11 Å². The number of nitrogens with one attached hydrogen (secondary N) is 1. The first kappa shape index (κ1) is 13.7. The molecule has 1 aliphatic rings. The number of benzene rings is 1. The van der Waals surface area contributed by atoms with Gasteiger partial charge in [0.1, 0.15) is 5.75 Å². The van der Waals surface area contributed by atoms with Crippen molar-refractivity contribution in [3.63, 3.8) is 0 Å². The number of hydrogen-bond acceptors (Lipinski definition) is 3. The molecular weight excluding hydrogens is 317 g/mol. The third-order valence-electron chi connectivity index (χ3n) is 2.99. The number of fused-ring (bicyclic) bond motifs is 1. The highest BCUT2D eigenvalue weighted by Crippen LogP contribution is 2.28. The van der Waals surface area contributed by atoms with Crippen molar-refractivity contribution in [3.8, 4) is 5.75 Å². The van der Waals surface area contributed by atoms with Crippen molar-refractivity contribution in [2.45, 2.75) is 25.4 Å². The topological polar surface area (TPSA) is 41.5 Å². The van der Waals surface area contributed by atoms with Crippen LogP contribution in [0.4, 0.5) is 0 Å². The molecule has 0 radical (unpaired) electrons. The van der Waals surface area contributed by atoms with Crippen molar-refractivity contribution in [2.24, 2.45) is 0 Å². The molecule has 1 aromatic carbocycles. The van der Waals surface area contributed by atoms with Crippen molar-refractivity contribution < 1.29 is 9.84 Å². The lowest BCUT2D eigenvalue weighted by molar-refractivity contribution is 0.225. The van der Waals surface area contributed by atoms with Gasteiger partial charge >= 0.3 is 0 Å². The van der Waals surface area contributed by atoms with E-state index in [4.69, 9.17) is 9.84 Å². The summed E-state index contributed by atoms with van der Waals surface area (Å²) in [5.41, 5.74) is 2.58. The lowest BCUT2D eigenvalue weighted by atomic mass is 9.91. The Hall–Kier alpha value is -0.330. The Morgan fingerprint density at radius 2 is 2.25 bits per heavy atom. The average Bonchev–Trinajstić information content (AvgIpc) is 2.28. The van der Waals surface area contributed by atoms with Gasteiger partial charge in [-0.3, -0.25) is 0 Å². The van der Waals surface area contributed by atoms with Gasteiger partial charge in [0, 0.05) is 12.1 Å². The van der Waals surface area contributed by atoms with E-state index in [1.807, 2.05) is 6.07 Å². The van der Waals surface area contributed by atoms with Gasteiger partial charge in [-0.1, -0.05) is 6.07 Å². The fourth-order valence-corrected chi connectivity index (χ4v) is 2.17. The number of halogens is 1. The van der Waals surface area contributed by atoms with Gasteiger partial charge in [0.05, 0.1) is 13.7 Å². The molecule has 0 fully saturated rings. The first-order chi connectivity index (χ1) is 7.24.